The Morgan fingerprint density at radius 2 is 1.77 bits per heavy atom. The third-order valence-electron chi connectivity index (χ3n) is 5.04. The minimum atomic E-state index is -0.215. The Morgan fingerprint density at radius 1 is 0.933 bits per heavy atom. The summed E-state index contributed by atoms with van der Waals surface area (Å²) < 4.78 is 11.1. The van der Waals surface area contributed by atoms with Gasteiger partial charge in [-0.1, -0.05) is 24.3 Å². The number of nitrogens with one attached hydrogen (secondary N) is 1. The van der Waals surface area contributed by atoms with Gasteiger partial charge in [-0.05, 0) is 53.6 Å². The first-order chi connectivity index (χ1) is 14.7. The van der Waals surface area contributed by atoms with E-state index in [0.29, 0.717) is 41.7 Å². The van der Waals surface area contributed by atoms with E-state index in [1.807, 2.05) is 48.5 Å². The van der Waals surface area contributed by atoms with Gasteiger partial charge in [-0.3, -0.25) is 9.78 Å². The first kappa shape index (κ1) is 18.0. The molecule has 0 bridgehead atoms. The molecule has 1 aliphatic heterocycles. The molecular formula is C24H19N3O3. The number of aromatic nitrogens is 1. The number of nitrogens with zero attached hydrogens (tertiary/aromatic N) is 1. The first-order valence-electron chi connectivity index (χ1n) is 9.64. The lowest BCUT2D eigenvalue weighted by Gasteiger charge is -2.18. The molecule has 3 aromatic carbocycles. The molecule has 30 heavy (non-hydrogen) atoms. The molecule has 0 saturated heterocycles. The summed E-state index contributed by atoms with van der Waals surface area (Å²) >= 11 is 0. The van der Waals surface area contributed by atoms with Gasteiger partial charge in [0.25, 0.3) is 5.91 Å². The molecule has 3 N–H and O–H groups in total. The number of nitrogens with two attached hydrogens (primary N) is 1. The van der Waals surface area contributed by atoms with Gasteiger partial charge in [-0.15, -0.1) is 0 Å². The normalized spacial score (nSPS) is 12.5. The smallest absolute Gasteiger partial charge is 0.255 e. The molecule has 2 heterocycles. The first-order valence-corrected chi connectivity index (χ1v) is 9.64. The Balaban J connectivity index is 1.45. The summed E-state index contributed by atoms with van der Waals surface area (Å²) in [5.74, 6) is 1.03. The number of ether oxygens (including phenoxy) is 2. The zero-order valence-electron chi connectivity index (χ0n) is 16.1. The topological polar surface area (TPSA) is 86.5 Å². The van der Waals surface area contributed by atoms with E-state index >= 15 is 0 Å². The molecule has 6 heteroatoms. The van der Waals surface area contributed by atoms with Crippen LogP contribution in [0.2, 0.25) is 0 Å². The molecule has 0 unspecified atom stereocenters. The van der Waals surface area contributed by atoms with Crippen molar-refractivity contribution < 1.29 is 14.3 Å². The van der Waals surface area contributed by atoms with Crippen LogP contribution >= 0.6 is 0 Å². The van der Waals surface area contributed by atoms with Crippen molar-refractivity contribution in [3.63, 3.8) is 0 Å². The van der Waals surface area contributed by atoms with Gasteiger partial charge in [0.05, 0.1) is 11.2 Å². The van der Waals surface area contributed by atoms with Gasteiger partial charge in [0.1, 0.15) is 13.2 Å². The van der Waals surface area contributed by atoms with Crippen LogP contribution in [0.1, 0.15) is 10.4 Å². The number of pyridine rings is 1. The molecule has 0 atom stereocenters. The van der Waals surface area contributed by atoms with Crippen LogP contribution in [0.3, 0.4) is 0 Å². The van der Waals surface area contributed by atoms with E-state index < -0.39 is 0 Å². The SMILES string of the molecule is Nc1cccc2c(-c3cccc(NC(=O)c4ccc5c(c4)OCCO5)c3)ccnc12. The third kappa shape index (κ3) is 3.28. The van der Waals surface area contributed by atoms with Crippen molar-refractivity contribution in [1.82, 2.24) is 4.98 Å². The number of carbonyl (C=O) groups excluding carboxylic acids is 1. The second kappa shape index (κ2) is 7.40. The van der Waals surface area contributed by atoms with Gasteiger partial charge in [0.15, 0.2) is 11.5 Å². The number of para-hydroxylation sites is 1. The van der Waals surface area contributed by atoms with Crippen molar-refractivity contribution in [2.45, 2.75) is 0 Å². The van der Waals surface area contributed by atoms with Crippen LogP contribution in [0.4, 0.5) is 11.4 Å². The number of fused-ring (bicyclic) bond motifs is 2. The van der Waals surface area contributed by atoms with Crippen LogP contribution in [0.5, 0.6) is 11.5 Å². The number of hydrogen-bond donors (Lipinski definition) is 2. The zero-order valence-corrected chi connectivity index (χ0v) is 16.1. The van der Waals surface area contributed by atoms with Crippen molar-refractivity contribution >= 4 is 28.2 Å². The zero-order chi connectivity index (χ0) is 20.5. The molecule has 148 valence electrons. The molecule has 1 aromatic heterocycles. The maximum Gasteiger partial charge on any atom is 0.255 e. The Morgan fingerprint density at radius 3 is 2.67 bits per heavy atom. The fourth-order valence-corrected chi connectivity index (χ4v) is 3.60. The number of nitrogen functional groups attached to an aromatic ring is 1. The van der Waals surface area contributed by atoms with Crippen LogP contribution in [0.25, 0.3) is 22.0 Å². The van der Waals surface area contributed by atoms with E-state index in [0.717, 1.165) is 22.0 Å². The number of carbonyl (C=O) groups is 1. The Bertz CT molecular complexity index is 1270. The summed E-state index contributed by atoms with van der Waals surface area (Å²) in [6, 6.07) is 20.6. The maximum absolute atomic E-state index is 12.8. The summed E-state index contributed by atoms with van der Waals surface area (Å²) in [5.41, 5.74) is 10.6. The lowest BCUT2D eigenvalue weighted by molar-refractivity contribution is 0.102. The number of benzene rings is 3. The summed E-state index contributed by atoms with van der Waals surface area (Å²) in [6.07, 6.45) is 1.74. The van der Waals surface area contributed by atoms with E-state index in [2.05, 4.69) is 10.3 Å². The van der Waals surface area contributed by atoms with Crippen LogP contribution in [-0.4, -0.2) is 24.1 Å². The van der Waals surface area contributed by atoms with Crippen molar-refractivity contribution in [3.05, 3.63) is 78.5 Å². The van der Waals surface area contributed by atoms with E-state index in [9.17, 15) is 4.79 Å². The molecule has 1 amide bonds. The fraction of sp³-hybridized carbons (Fsp3) is 0.0833. The largest absolute Gasteiger partial charge is 0.486 e. The maximum atomic E-state index is 12.8. The quantitative estimate of drug-likeness (QED) is 0.497. The van der Waals surface area contributed by atoms with Gasteiger partial charge in [-0.25, -0.2) is 0 Å². The highest BCUT2D eigenvalue weighted by Gasteiger charge is 2.15. The molecule has 6 nitrogen and oxygen atoms in total. The summed E-state index contributed by atoms with van der Waals surface area (Å²) in [7, 11) is 0. The van der Waals surface area contributed by atoms with E-state index in [-0.39, 0.29) is 5.91 Å². The summed E-state index contributed by atoms with van der Waals surface area (Å²) in [5, 5.41) is 3.92. The number of rotatable bonds is 3. The van der Waals surface area contributed by atoms with Gasteiger partial charge in [0, 0.05) is 22.8 Å². The number of anilines is 2. The molecule has 0 aliphatic carbocycles. The van der Waals surface area contributed by atoms with Crippen molar-refractivity contribution in [2.75, 3.05) is 24.3 Å². The second-order valence-corrected chi connectivity index (χ2v) is 7.00. The molecule has 0 saturated carbocycles. The molecule has 1 aliphatic rings. The van der Waals surface area contributed by atoms with Gasteiger partial charge in [-0.2, -0.15) is 0 Å². The lowest BCUT2D eigenvalue weighted by atomic mass is 10.0. The third-order valence-corrected chi connectivity index (χ3v) is 5.04. The summed E-state index contributed by atoms with van der Waals surface area (Å²) in [4.78, 5) is 17.2. The van der Waals surface area contributed by atoms with Crippen LogP contribution in [0.15, 0.2) is 72.9 Å². The highest BCUT2D eigenvalue weighted by molar-refractivity contribution is 6.05. The van der Waals surface area contributed by atoms with Gasteiger partial charge < -0.3 is 20.5 Å². The molecule has 4 aromatic rings. The molecule has 0 spiro atoms. The van der Waals surface area contributed by atoms with Crippen molar-refractivity contribution in [2.24, 2.45) is 0 Å². The van der Waals surface area contributed by atoms with Crippen LogP contribution in [0, 0.1) is 0 Å². The molecule has 0 radical (unpaired) electrons. The monoisotopic (exact) mass is 397 g/mol. The molecular weight excluding hydrogens is 378 g/mol. The highest BCUT2D eigenvalue weighted by atomic mass is 16.6. The van der Waals surface area contributed by atoms with Gasteiger partial charge in [0.2, 0.25) is 0 Å². The Labute approximate surface area is 173 Å². The number of hydrogen-bond acceptors (Lipinski definition) is 5. The minimum absolute atomic E-state index is 0.215. The van der Waals surface area contributed by atoms with E-state index in [1.54, 1.807) is 24.4 Å². The van der Waals surface area contributed by atoms with Crippen LogP contribution in [-0.2, 0) is 0 Å². The fourth-order valence-electron chi connectivity index (χ4n) is 3.60. The standard InChI is InChI=1S/C24H19N3O3/c25-20-6-2-5-19-18(9-10-26-23(19)20)15-3-1-4-17(13-15)27-24(28)16-7-8-21-22(14-16)30-12-11-29-21/h1-10,13-14H,11-12,25H2,(H,27,28). The van der Waals surface area contributed by atoms with E-state index in [4.69, 9.17) is 15.2 Å². The molecule has 0 fully saturated rings. The average molecular weight is 397 g/mol. The number of amides is 1. The van der Waals surface area contributed by atoms with Crippen LogP contribution < -0.4 is 20.5 Å². The van der Waals surface area contributed by atoms with Crippen molar-refractivity contribution in [3.8, 4) is 22.6 Å². The molecule has 5 rings (SSSR count). The van der Waals surface area contributed by atoms with Gasteiger partial charge >= 0.3 is 0 Å². The second-order valence-electron chi connectivity index (χ2n) is 7.00. The Hall–Kier alpha value is -4.06. The average Bonchev–Trinajstić information content (AvgIpc) is 2.79. The predicted molar refractivity (Wildman–Crippen MR) is 117 cm³/mol. The highest BCUT2D eigenvalue weighted by Crippen LogP contribution is 2.32. The van der Waals surface area contributed by atoms with Crippen molar-refractivity contribution in [1.29, 1.82) is 0 Å². The summed E-state index contributed by atoms with van der Waals surface area (Å²) in [6.45, 7) is 0.991. The predicted octanol–water partition coefficient (Wildman–Crippen LogP) is 4.51. The Kier molecular flexibility index (Phi) is 4.44. The van der Waals surface area contributed by atoms with E-state index in [1.165, 1.54) is 0 Å². The minimum Gasteiger partial charge on any atom is -0.486 e. The lowest BCUT2D eigenvalue weighted by Crippen LogP contribution is -2.17.